The fraction of sp³-hybridized carbons (Fsp3) is 0.0909. The van der Waals surface area contributed by atoms with Crippen molar-refractivity contribution in [1.82, 2.24) is 5.32 Å². The molecule has 0 aliphatic heterocycles. The van der Waals surface area contributed by atoms with Crippen LogP contribution in [-0.4, -0.2) is 24.8 Å². The minimum Gasteiger partial charge on any atom is -0.356 e. The van der Waals surface area contributed by atoms with Crippen LogP contribution in [0, 0.1) is 0 Å². The Hall–Kier alpha value is -2.82. The second-order valence-corrected chi connectivity index (χ2v) is 6.90. The first-order valence-electron chi connectivity index (χ1n) is 8.69. The topological polar surface area (TPSA) is 53.5 Å². The molecule has 1 amide bonds. The second-order valence-electron chi connectivity index (χ2n) is 6.03. The largest absolute Gasteiger partial charge is 0.356 e. The van der Waals surface area contributed by atoms with Crippen molar-refractivity contribution in [3.05, 3.63) is 100 Å². The first-order chi connectivity index (χ1) is 13.6. The summed E-state index contributed by atoms with van der Waals surface area (Å²) in [6.45, 7) is 0. The summed E-state index contributed by atoms with van der Waals surface area (Å²) < 4.78 is 0. The molecule has 3 aromatic carbocycles. The summed E-state index contributed by atoms with van der Waals surface area (Å²) in [6.07, 6.45) is -0.849. The Labute approximate surface area is 174 Å². The summed E-state index contributed by atoms with van der Waals surface area (Å²) in [5.74, 6) is -0.268. The smallest absolute Gasteiger partial charge is 0.264 e. The number of nitrogens with zero attached hydrogens (tertiary/aromatic N) is 1. The molecule has 28 heavy (non-hydrogen) atoms. The van der Waals surface area contributed by atoms with E-state index in [-0.39, 0.29) is 5.91 Å². The molecule has 0 fully saturated rings. The third-order valence-electron chi connectivity index (χ3n) is 4.03. The molecule has 3 rings (SSSR count). The van der Waals surface area contributed by atoms with Crippen LogP contribution in [-0.2, 0) is 4.79 Å². The quantitative estimate of drug-likeness (QED) is 0.559. The number of likely N-dealkylation sites (N-methyl/N-ethyl adjacent to an activating group) is 1. The fourth-order valence-electron chi connectivity index (χ4n) is 2.71. The number of carbonyl (C=O) groups is 1. The highest BCUT2D eigenvalue weighted by Crippen LogP contribution is 2.19. The Morgan fingerprint density at radius 2 is 1.50 bits per heavy atom. The Morgan fingerprint density at radius 3 is 2.14 bits per heavy atom. The number of benzene rings is 3. The monoisotopic (exact) mass is 411 g/mol. The highest BCUT2D eigenvalue weighted by molar-refractivity contribution is 6.31. The molecule has 2 N–H and O–H groups in total. The number of hydrogen-bond donors (Lipinski definition) is 2. The Bertz CT molecular complexity index is 990. The molecule has 0 radical (unpaired) electrons. The van der Waals surface area contributed by atoms with E-state index in [1.807, 2.05) is 60.7 Å². The van der Waals surface area contributed by atoms with E-state index in [1.165, 1.54) is 0 Å². The molecule has 0 saturated carbocycles. The van der Waals surface area contributed by atoms with Gasteiger partial charge in [0, 0.05) is 33.9 Å². The zero-order chi connectivity index (χ0) is 19.9. The van der Waals surface area contributed by atoms with Gasteiger partial charge in [-0.25, -0.2) is 4.99 Å². The minimum absolute atomic E-state index is 0.268. The fourth-order valence-corrected chi connectivity index (χ4v) is 3.09. The Morgan fingerprint density at radius 1 is 0.857 bits per heavy atom. The number of aliphatic imine (C=N–C) groups is 1. The van der Waals surface area contributed by atoms with Crippen molar-refractivity contribution in [1.29, 1.82) is 0 Å². The zero-order valence-electron chi connectivity index (χ0n) is 15.2. The number of rotatable bonds is 6. The second kappa shape index (κ2) is 9.40. The molecule has 3 aromatic rings. The number of anilines is 1. The van der Waals surface area contributed by atoms with Gasteiger partial charge in [-0.15, -0.1) is 0 Å². The molecule has 142 valence electrons. The van der Waals surface area contributed by atoms with Crippen molar-refractivity contribution < 1.29 is 4.79 Å². The SMILES string of the molecule is CNC(=O)C(/N=C(/c1ccccc1)c1cccc(Cl)c1)Nc1cccc(Cl)c1. The Balaban J connectivity index is 2.07. The lowest BCUT2D eigenvalue weighted by molar-refractivity contribution is -0.121. The van der Waals surface area contributed by atoms with E-state index >= 15 is 0 Å². The molecule has 0 aliphatic rings. The van der Waals surface area contributed by atoms with Crippen molar-refractivity contribution in [2.75, 3.05) is 12.4 Å². The van der Waals surface area contributed by atoms with Gasteiger partial charge >= 0.3 is 0 Å². The molecule has 6 heteroatoms. The van der Waals surface area contributed by atoms with Gasteiger partial charge in [0.2, 0.25) is 0 Å². The van der Waals surface area contributed by atoms with E-state index in [4.69, 9.17) is 28.2 Å². The zero-order valence-corrected chi connectivity index (χ0v) is 16.7. The average Bonchev–Trinajstić information content (AvgIpc) is 2.71. The van der Waals surface area contributed by atoms with Gasteiger partial charge in [0.05, 0.1) is 5.71 Å². The van der Waals surface area contributed by atoms with Crippen molar-refractivity contribution in [2.45, 2.75) is 6.17 Å². The van der Waals surface area contributed by atoms with Crippen LogP contribution in [0.1, 0.15) is 11.1 Å². The molecule has 0 spiro atoms. The molecule has 0 bridgehead atoms. The van der Waals surface area contributed by atoms with Gasteiger partial charge in [0.1, 0.15) is 0 Å². The number of halogens is 2. The van der Waals surface area contributed by atoms with Crippen LogP contribution in [0.3, 0.4) is 0 Å². The van der Waals surface area contributed by atoms with E-state index < -0.39 is 6.17 Å². The van der Waals surface area contributed by atoms with Crippen molar-refractivity contribution >= 4 is 40.5 Å². The number of nitrogens with one attached hydrogen (secondary N) is 2. The molecule has 1 atom stereocenters. The third kappa shape index (κ3) is 5.12. The lowest BCUT2D eigenvalue weighted by Crippen LogP contribution is -2.37. The normalized spacial score (nSPS) is 12.3. The molecule has 0 saturated heterocycles. The van der Waals surface area contributed by atoms with Crippen LogP contribution in [0.4, 0.5) is 5.69 Å². The molecule has 1 unspecified atom stereocenters. The van der Waals surface area contributed by atoms with Gasteiger partial charge < -0.3 is 10.6 Å². The maximum atomic E-state index is 12.5. The number of hydrogen-bond acceptors (Lipinski definition) is 3. The molecule has 0 aromatic heterocycles. The summed E-state index contributed by atoms with van der Waals surface area (Å²) in [7, 11) is 1.58. The van der Waals surface area contributed by atoms with Crippen LogP contribution in [0.2, 0.25) is 10.0 Å². The predicted octanol–water partition coefficient (Wildman–Crippen LogP) is 5.02. The van der Waals surface area contributed by atoms with Crippen LogP contribution in [0.25, 0.3) is 0 Å². The maximum Gasteiger partial charge on any atom is 0.264 e. The van der Waals surface area contributed by atoms with Gasteiger partial charge in [0.25, 0.3) is 5.91 Å². The average molecular weight is 412 g/mol. The predicted molar refractivity (Wildman–Crippen MR) is 116 cm³/mol. The first-order valence-corrected chi connectivity index (χ1v) is 9.45. The van der Waals surface area contributed by atoms with Gasteiger partial charge in [-0.3, -0.25) is 4.79 Å². The van der Waals surface area contributed by atoms with Crippen LogP contribution < -0.4 is 10.6 Å². The van der Waals surface area contributed by atoms with Crippen molar-refractivity contribution in [3.8, 4) is 0 Å². The number of carbonyl (C=O) groups excluding carboxylic acids is 1. The van der Waals surface area contributed by atoms with E-state index in [0.717, 1.165) is 11.1 Å². The minimum atomic E-state index is -0.849. The molecule has 0 heterocycles. The Kier molecular flexibility index (Phi) is 6.69. The molecule has 4 nitrogen and oxygen atoms in total. The van der Waals surface area contributed by atoms with E-state index in [0.29, 0.717) is 21.4 Å². The number of amides is 1. The van der Waals surface area contributed by atoms with Crippen LogP contribution in [0.15, 0.2) is 83.9 Å². The summed E-state index contributed by atoms with van der Waals surface area (Å²) in [5.41, 5.74) is 3.06. The lowest BCUT2D eigenvalue weighted by Gasteiger charge is -2.17. The van der Waals surface area contributed by atoms with E-state index in [9.17, 15) is 4.79 Å². The first kappa shape index (κ1) is 19.9. The summed E-state index contributed by atoms with van der Waals surface area (Å²) in [6, 6.07) is 24.2. The van der Waals surface area contributed by atoms with Gasteiger partial charge in [-0.1, -0.05) is 71.7 Å². The summed E-state index contributed by atoms with van der Waals surface area (Å²) in [4.78, 5) is 17.3. The third-order valence-corrected chi connectivity index (χ3v) is 4.50. The summed E-state index contributed by atoms with van der Waals surface area (Å²) in [5, 5.41) is 6.96. The molecular formula is C22H19Cl2N3O. The standard InChI is InChI=1S/C22H19Cl2N3O/c1-25-22(28)21(26-19-12-6-11-18(24)14-19)27-20(15-7-3-2-4-8-15)16-9-5-10-17(23)13-16/h2-14,21,26H,1H3,(H,25,28)/b27-20-. The van der Waals surface area contributed by atoms with Gasteiger partial charge in [-0.2, -0.15) is 0 Å². The van der Waals surface area contributed by atoms with Gasteiger partial charge in [0.15, 0.2) is 6.17 Å². The van der Waals surface area contributed by atoms with Gasteiger partial charge in [-0.05, 0) is 30.3 Å². The maximum absolute atomic E-state index is 12.5. The summed E-state index contributed by atoms with van der Waals surface area (Å²) >= 11 is 12.3. The highest BCUT2D eigenvalue weighted by Gasteiger charge is 2.19. The van der Waals surface area contributed by atoms with Crippen molar-refractivity contribution in [2.24, 2.45) is 4.99 Å². The van der Waals surface area contributed by atoms with Crippen LogP contribution in [0.5, 0.6) is 0 Å². The van der Waals surface area contributed by atoms with E-state index in [2.05, 4.69) is 10.6 Å². The van der Waals surface area contributed by atoms with Crippen molar-refractivity contribution in [3.63, 3.8) is 0 Å². The lowest BCUT2D eigenvalue weighted by atomic mass is 10.0. The molecular weight excluding hydrogens is 393 g/mol. The highest BCUT2D eigenvalue weighted by atomic mass is 35.5. The van der Waals surface area contributed by atoms with E-state index in [1.54, 1.807) is 25.2 Å². The molecule has 0 aliphatic carbocycles. The van der Waals surface area contributed by atoms with Crippen LogP contribution >= 0.6 is 23.2 Å².